The average molecular weight is 473 g/mol. The van der Waals surface area contributed by atoms with E-state index >= 15 is 0 Å². The molecule has 1 saturated heterocycles. The van der Waals surface area contributed by atoms with Crippen molar-refractivity contribution in [3.63, 3.8) is 0 Å². The Labute approximate surface area is 196 Å². The van der Waals surface area contributed by atoms with E-state index in [0.717, 1.165) is 18.7 Å². The highest BCUT2D eigenvalue weighted by molar-refractivity contribution is 5.98. The number of pyridine rings is 1. The molecular weight excluding hydrogens is 445 g/mol. The molecule has 1 aliphatic heterocycles. The van der Waals surface area contributed by atoms with E-state index in [1.165, 1.54) is 10.9 Å². The molecule has 0 saturated carbocycles. The Kier molecular flexibility index (Phi) is 6.58. The number of nitrogens with zero attached hydrogens (tertiary/aromatic N) is 6. The van der Waals surface area contributed by atoms with Gasteiger partial charge in [-0.1, -0.05) is 26.0 Å². The summed E-state index contributed by atoms with van der Waals surface area (Å²) in [5.41, 5.74) is 0.317. The number of para-hydroxylation sites is 1. The fourth-order valence-corrected chi connectivity index (χ4v) is 4.74. The Morgan fingerprint density at radius 3 is 2.50 bits per heavy atom. The largest absolute Gasteiger partial charge is 0.417 e. The van der Waals surface area contributed by atoms with Gasteiger partial charge in [-0.05, 0) is 43.0 Å². The molecule has 7 nitrogen and oxygen atoms in total. The molecule has 180 valence electrons. The van der Waals surface area contributed by atoms with Gasteiger partial charge in [-0.2, -0.15) is 28.2 Å². The van der Waals surface area contributed by atoms with E-state index in [1.54, 1.807) is 24.5 Å². The van der Waals surface area contributed by atoms with Gasteiger partial charge in [0.05, 0.1) is 41.3 Å². The molecule has 0 bridgehead atoms. The van der Waals surface area contributed by atoms with Crippen LogP contribution in [-0.4, -0.2) is 56.5 Å². The lowest BCUT2D eigenvalue weighted by Gasteiger charge is -2.37. The van der Waals surface area contributed by atoms with Crippen molar-refractivity contribution in [1.29, 1.82) is 0 Å². The summed E-state index contributed by atoms with van der Waals surface area (Å²) in [4.78, 5) is 23.0. The number of hydrogen-bond acceptors (Lipinski definition) is 5. The van der Waals surface area contributed by atoms with Crippen molar-refractivity contribution in [2.45, 2.75) is 44.9 Å². The van der Waals surface area contributed by atoms with Crippen LogP contribution in [0.25, 0.3) is 5.69 Å². The van der Waals surface area contributed by atoms with Crippen LogP contribution < -0.4 is 4.90 Å². The number of benzene rings is 1. The fraction of sp³-hybridized carbons (Fsp3) is 0.417. The molecule has 0 aliphatic carbocycles. The van der Waals surface area contributed by atoms with Crippen molar-refractivity contribution in [3.8, 4) is 5.69 Å². The zero-order chi connectivity index (χ0) is 24.5. The van der Waals surface area contributed by atoms with Crippen molar-refractivity contribution < 1.29 is 18.0 Å². The number of likely N-dealkylation sites (N-methyl/N-ethyl adjacent to an activating group) is 1. The standard InChI is InChI=1S/C24H27F3N6O/c1-4-19(31(3)22-10-9-17(14-28-22)24(25,26)27)21-13-16(2)15-32(21)23(34)18-7-5-6-8-20(18)33-29-11-12-30-33/h5-12,14,16,19,21H,4,13,15H2,1-3H3. The third-order valence-corrected chi connectivity index (χ3v) is 6.38. The highest BCUT2D eigenvalue weighted by Crippen LogP contribution is 2.33. The lowest BCUT2D eigenvalue weighted by molar-refractivity contribution is -0.137. The Balaban J connectivity index is 1.62. The molecule has 0 spiro atoms. The number of halogens is 3. The third kappa shape index (κ3) is 4.62. The maximum Gasteiger partial charge on any atom is 0.417 e. The number of hydrogen-bond donors (Lipinski definition) is 0. The van der Waals surface area contributed by atoms with Crippen LogP contribution in [0.1, 0.15) is 42.6 Å². The van der Waals surface area contributed by atoms with Crippen LogP contribution in [-0.2, 0) is 6.18 Å². The lowest BCUT2D eigenvalue weighted by atomic mass is 9.98. The van der Waals surface area contributed by atoms with Gasteiger partial charge < -0.3 is 9.80 Å². The summed E-state index contributed by atoms with van der Waals surface area (Å²) in [6, 6.07) is 9.39. The molecule has 10 heteroatoms. The second-order valence-electron chi connectivity index (χ2n) is 8.69. The van der Waals surface area contributed by atoms with E-state index < -0.39 is 11.7 Å². The van der Waals surface area contributed by atoms with Gasteiger partial charge in [-0.25, -0.2) is 4.98 Å². The van der Waals surface area contributed by atoms with Crippen molar-refractivity contribution in [2.24, 2.45) is 5.92 Å². The first kappa shape index (κ1) is 23.7. The van der Waals surface area contributed by atoms with Gasteiger partial charge in [0, 0.05) is 19.8 Å². The Hall–Kier alpha value is -3.43. The maximum atomic E-state index is 13.8. The first-order valence-electron chi connectivity index (χ1n) is 11.2. The van der Waals surface area contributed by atoms with Gasteiger partial charge in [0.2, 0.25) is 0 Å². The summed E-state index contributed by atoms with van der Waals surface area (Å²) in [6.45, 7) is 4.71. The van der Waals surface area contributed by atoms with Gasteiger partial charge in [0.25, 0.3) is 5.91 Å². The number of rotatable bonds is 6. The predicted molar refractivity (Wildman–Crippen MR) is 122 cm³/mol. The van der Waals surface area contributed by atoms with E-state index in [2.05, 4.69) is 22.1 Å². The number of likely N-dealkylation sites (tertiary alicyclic amines) is 1. The van der Waals surface area contributed by atoms with Crippen LogP contribution in [0.15, 0.2) is 55.0 Å². The minimum atomic E-state index is -4.44. The number of carbonyl (C=O) groups is 1. The predicted octanol–water partition coefficient (Wildman–Crippen LogP) is 4.45. The third-order valence-electron chi connectivity index (χ3n) is 6.38. The van der Waals surface area contributed by atoms with Crippen LogP contribution in [0.4, 0.5) is 19.0 Å². The molecule has 3 heterocycles. The molecular formula is C24H27F3N6O. The van der Waals surface area contributed by atoms with E-state index in [1.807, 2.05) is 35.9 Å². The summed E-state index contributed by atoms with van der Waals surface area (Å²) < 4.78 is 38.9. The molecule has 1 aliphatic rings. The fourth-order valence-electron chi connectivity index (χ4n) is 4.74. The second kappa shape index (κ2) is 9.44. The molecule has 1 amide bonds. The summed E-state index contributed by atoms with van der Waals surface area (Å²) in [5, 5.41) is 8.34. The zero-order valence-corrected chi connectivity index (χ0v) is 19.3. The Morgan fingerprint density at radius 2 is 1.88 bits per heavy atom. The molecule has 0 N–H and O–H groups in total. The molecule has 3 aromatic rings. The smallest absolute Gasteiger partial charge is 0.355 e. The van der Waals surface area contributed by atoms with Gasteiger partial charge in [-0.15, -0.1) is 0 Å². The van der Waals surface area contributed by atoms with Crippen LogP contribution in [0.5, 0.6) is 0 Å². The lowest BCUT2D eigenvalue weighted by Crippen LogP contribution is -2.50. The van der Waals surface area contributed by atoms with Gasteiger partial charge in [0.1, 0.15) is 5.82 Å². The Bertz CT molecular complexity index is 1120. The quantitative estimate of drug-likeness (QED) is 0.531. The summed E-state index contributed by atoms with van der Waals surface area (Å²) in [7, 11) is 1.82. The molecule has 0 radical (unpaired) electrons. The van der Waals surface area contributed by atoms with E-state index in [0.29, 0.717) is 30.0 Å². The van der Waals surface area contributed by atoms with E-state index in [-0.39, 0.29) is 23.9 Å². The number of carbonyl (C=O) groups excluding carboxylic acids is 1. The zero-order valence-electron chi connectivity index (χ0n) is 19.3. The molecule has 34 heavy (non-hydrogen) atoms. The van der Waals surface area contributed by atoms with E-state index in [9.17, 15) is 18.0 Å². The number of aromatic nitrogens is 4. The molecule has 3 atom stereocenters. The second-order valence-corrected chi connectivity index (χ2v) is 8.69. The first-order valence-corrected chi connectivity index (χ1v) is 11.2. The SMILES string of the molecule is CCC(C1CC(C)CN1C(=O)c1ccccc1-n1nccn1)N(C)c1ccc(C(F)(F)F)cn1. The summed E-state index contributed by atoms with van der Waals surface area (Å²) in [5.74, 6) is 0.606. The molecule has 1 aromatic carbocycles. The van der Waals surface area contributed by atoms with Crippen LogP contribution >= 0.6 is 0 Å². The van der Waals surface area contributed by atoms with Gasteiger partial charge in [-0.3, -0.25) is 4.79 Å². The number of anilines is 1. The minimum absolute atomic E-state index is 0.116. The summed E-state index contributed by atoms with van der Waals surface area (Å²) >= 11 is 0. The average Bonchev–Trinajstić information content (AvgIpc) is 3.49. The van der Waals surface area contributed by atoms with Crippen LogP contribution in [0.2, 0.25) is 0 Å². The monoisotopic (exact) mass is 472 g/mol. The molecule has 1 fully saturated rings. The van der Waals surface area contributed by atoms with Crippen LogP contribution in [0, 0.1) is 5.92 Å². The van der Waals surface area contributed by atoms with Crippen molar-refractivity contribution in [2.75, 3.05) is 18.5 Å². The van der Waals surface area contributed by atoms with Crippen molar-refractivity contribution >= 4 is 11.7 Å². The van der Waals surface area contributed by atoms with Crippen molar-refractivity contribution in [3.05, 3.63) is 66.1 Å². The van der Waals surface area contributed by atoms with Gasteiger partial charge >= 0.3 is 6.18 Å². The number of alkyl halides is 3. The van der Waals surface area contributed by atoms with E-state index in [4.69, 9.17) is 0 Å². The highest BCUT2D eigenvalue weighted by Gasteiger charge is 2.40. The topological polar surface area (TPSA) is 67.2 Å². The summed E-state index contributed by atoms with van der Waals surface area (Å²) in [6.07, 6.45) is 1.02. The first-order chi connectivity index (χ1) is 16.2. The minimum Gasteiger partial charge on any atom is -0.355 e. The normalized spacial score (nSPS) is 19.3. The van der Waals surface area contributed by atoms with Crippen LogP contribution in [0.3, 0.4) is 0 Å². The molecule has 4 rings (SSSR count). The van der Waals surface area contributed by atoms with Gasteiger partial charge in [0.15, 0.2) is 0 Å². The highest BCUT2D eigenvalue weighted by atomic mass is 19.4. The van der Waals surface area contributed by atoms with Crippen molar-refractivity contribution in [1.82, 2.24) is 24.9 Å². The molecule has 3 unspecified atom stereocenters. The maximum absolute atomic E-state index is 13.8. The Morgan fingerprint density at radius 1 is 1.18 bits per heavy atom. The molecule has 2 aromatic heterocycles. The number of amides is 1.